The molecule has 3 rings (SSSR count). The number of amides is 1. The number of aromatic nitrogens is 3. The third kappa shape index (κ3) is 3.31. The smallest absolute Gasteiger partial charge is 0.295 e. The Balaban J connectivity index is 1.86. The zero-order valence-electron chi connectivity index (χ0n) is 14.4. The van der Waals surface area contributed by atoms with Gasteiger partial charge in [-0.2, -0.15) is 5.10 Å². The van der Waals surface area contributed by atoms with Gasteiger partial charge in [0.05, 0.1) is 33.7 Å². The van der Waals surface area contributed by atoms with Crippen molar-refractivity contribution < 1.29 is 14.4 Å². The molecule has 0 unspecified atom stereocenters. The Bertz CT molecular complexity index is 1000. The summed E-state index contributed by atoms with van der Waals surface area (Å²) in [7, 11) is 0. The maximum atomic E-state index is 12.6. The molecule has 8 heteroatoms. The summed E-state index contributed by atoms with van der Waals surface area (Å²) in [6.45, 7) is 4.84. The van der Waals surface area contributed by atoms with Crippen LogP contribution in [0.1, 0.15) is 38.3 Å². The fourth-order valence-corrected chi connectivity index (χ4v) is 3.26. The number of hydrogen-bond acceptors (Lipinski definition) is 6. The number of thiazole rings is 1. The van der Waals surface area contributed by atoms with Crippen molar-refractivity contribution in [1.29, 1.82) is 0 Å². The van der Waals surface area contributed by atoms with Gasteiger partial charge in [-0.3, -0.25) is 19.7 Å². The van der Waals surface area contributed by atoms with Gasteiger partial charge in [0.1, 0.15) is 0 Å². The molecule has 0 fully saturated rings. The summed E-state index contributed by atoms with van der Waals surface area (Å²) in [5.74, 6) is -1.65. The van der Waals surface area contributed by atoms with Crippen molar-refractivity contribution in [3.05, 3.63) is 58.4 Å². The van der Waals surface area contributed by atoms with E-state index >= 15 is 0 Å². The van der Waals surface area contributed by atoms with E-state index in [4.69, 9.17) is 0 Å². The Morgan fingerprint density at radius 2 is 1.81 bits per heavy atom. The molecule has 0 spiro atoms. The summed E-state index contributed by atoms with van der Waals surface area (Å²) in [5.41, 5.74) is 2.11. The predicted octanol–water partition coefficient (Wildman–Crippen LogP) is 2.97. The van der Waals surface area contributed by atoms with E-state index in [0.717, 1.165) is 17.0 Å². The minimum atomic E-state index is -0.812. The molecule has 0 aliphatic carbocycles. The minimum Gasteiger partial charge on any atom is -0.295 e. The molecule has 2 aromatic heterocycles. The summed E-state index contributed by atoms with van der Waals surface area (Å²) in [6.07, 6.45) is 1.37. The Kier molecular flexibility index (Phi) is 4.77. The molecule has 0 aliphatic rings. The molecule has 0 aliphatic heterocycles. The van der Waals surface area contributed by atoms with E-state index in [1.54, 1.807) is 18.5 Å². The number of carbonyl (C=O) groups excluding carboxylic acids is 3. The largest absolute Gasteiger partial charge is 0.298 e. The van der Waals surface area contributed by atoms with E-state index in [0.29, 0.717) is 16.3 Å². The number of aryl methyl sites for hydroxylation is 1. The number of anilines is 1. The molecule has 0 radical (unpaired) electrons. The van der Waals surface area contributed by atoms with E-state index in [9.17, 15) is 14.4 Å². The highest BCUT2D eigenvalue weighted by atomic mass is 32.1. The molecule has 7 nitrogen and oxygen atoms in total. The van der Waals surface area contributed by atoms with E-state index in [2.05, 4.69) is 15.4 Å². The van der Waals surface area contributed by atoms with Gasteiger partial charge in [-0.05, 0) is 26.0 Å². The third-order valence-electron chi connectivity index (χ3n) is 3.80. The molecule has 2 heterocycles. The van der Waals surface area contributed by atoms with Gasteiger partial charge in [0, 0.05) is 6.92 Å². The van der Waals surface area contributed by atoms with Crippen LogP contribution in [0.25, 0.3) is 5.69 Å². The fraction of sp³-hybridized carbons (Fsp3) is 0.167. The highest BCUT2D eigenvalue weighted by Gasteiger charge is 2.25. The average molecular weight is 368 g/mol. The van der Waals surface area contributed by atoms with Crippen LogP contribution >= 0.6 is 11.3 Å². The van der Waals surface area contributed by atoms with Crippen LogP contribution in [-0.2, 0) is 4.79 Å². The van der Waals surface area contributed by atoms with Crippen LogP contribution < -0.4 is 5.32 Å². The van der Waals surface area contributed by atoms with Crippen molar-refractivity contribution >= 4 is 33.9 Å². The lowest BCUT2D eigenvalue weighted by Gasteiger charge is -2.05. The van der Waals surface area contributed by atoms with Gasteiger partial charge in [-0.15, -0.1) is 0 Å². The first-order valence-corrected chi connectivity index (χ1v) is 8.64. The molecule has 1 N–H and O–H groups in total. The van der Waals surface area contributed by atoms with Crippen LogP contribution in [0.5, 0.6) is 0 Å². The quantitative estimate of drug-likeness (QED) is 0.552. The molecule has 0 atom stereocenters. The second-order valence-corrected chi connectivity index (χ2v) is 6.69. The van der Waals surface area contributed by atoms with Crippen LogP contribution in [0, 0.1) is 13.8 Å². The molecule has 0 bridgehead atoms. The fourth-order valence-electron chi connectivity index (χ4n) is 2.55. The van der Waals surface area contributed by atoms with Gasteiger partial charge in [-0.25, -0.2) is 9.67 Å². The number of nitrogens with zero attached hydrogens (tertiary/aromatic N) is 3. The molecule has 132 valence electrons. The average Bonchev–Trinajstić information content (AvgIpc) is 3.20. The molecule has 0 saturated heterocycles. The third-order valence-corrected chi connectivity index (χ3v) is 4.81. The summed E-state index contributed by atoms with van der Waals surface area (Å²) in [6, 6.07) is 9.36. The molecular formula is C18H16N4O3S. The van der Waals surface area contributed by atoms with Crippen LogP contribution in [0.4, 0.5) is 5.13 Å². The zero-order valence-corrected chi connectivity index (χ0v) is 15.3. The predicted molar refractivity (Wildman–Crippen MR) is 98.1 cm³/mol. The molecule has 26 heavy (non-hydrogen) atoms. The number of benzene rings is 1. The van der Waals surface area contributed by atoms with Crippen LogP contribution in [0.15, 0.2) is 36.5 Å². The van der Waals surface area contributed by atoms with Gasteiger partial charge in [-0.1, -0.05) is 29.5 Å². The number of ketones is 2. The minimum absolute atomic E-state index is 0.148. The lowest BCUT2D eigenvalue weighted by molar-refractivity contribution is -0.112. The number of rotatable bonds is 5. The monoisotopic (exact) mass is 368 g/mol. The number of Topliss-reactive ketones (excluding diaryl/α,β-unsaturated/α-hetero) is 2. The van der Waals surface area contributed by atoms with Gasteiger partial charge < -0.3 is 0 Å². The topological polar surface area (TPSA) is 93.9 Å². The van der Waals surface area contributed by atoms with Crippen molar-refractivity contribution in [3.8, 4) is 5.69 Å². The zero-order chi connectivity index (χ0) is 18.8. The van der Waals surface area contributed by atoms with E-state index in [1.807, 2.05) is 30.3 Å². The van der Waals surface area contributed by atoms with Crippen molar-refractivity contribution in [3.63, 3.8) is 0 Å². The lowest BCUT2D eigenvalue weighted by atomic mass is 10.1. The molecule has 1 aromatic carbocycles. The Morgan fingerprint density at radius 1 is 1.12 bits per heavy atom. The highest BCUT2D eigenvalue weighted by Crippen LogP contribution is 2.21. The molecule has 3 aromatic rings. The Hall–Kier alpha value is -3.13. The van der Waals surface area contributed by atoms with Crippen molar-refractivity contribution in [1.82, 2.24) is 14.8 Å². The summed E-state index contributed by atoms with van der Waals surface area (Å²) >= 11 is 1.03. The number of hydrogen-bond donors (Lipinski definition) is 1. The number of carbonyl (C=O) groups is 3. The van der Waals surface area contributed by atoms with Crippen molar-refractivity contribution in [2.24, 2.45) is 0 Å². The van der Waals surface area contributed by atoms with Gasteiger partial charge >= 0.3 is 0 Å². The van der Waals surface area contributed by atoms with E-state index in [1.165, 1.54) is 13.1 Å². The first-order valence-electron chi connectivity index (χ1n) is 7.82. The molecular weight excluding hydrogens is 352 g/mol. The van der Waals surface area contributed by atoms with E-state index in [-0.39, 0.29) is 16.5 Å². The normalized spacial score (nSPS) is 10.6. The Labute approximate surface area is 153 Å². The maximum absolute atomic E-state index is 12.6. The molecule has 0 saturated carbocycles. The van der Waals surface area contributed by atoms with Crippen LogP contribution in [0.2, 0.25) is 0 Å². The number of para-hydroxylation sites is 1. The van der Waals surface area contributed by atoms with Crippen LogP contribution in [-0.4, -0.2) is 32.2 Å². The lowest BCUT2D eigenvalue weighted by Crippen LogP contribution is -2.23. The summed E-state index contributed by atoms with van der Waals surface area (Å²) in [5, 5.41) is 7.03. The second kappa shape index (κ2) is 7.01. The standard InChI is InChI=1S/C18H16N4O3S/c1-10-15(11(2)22(21-10)13-7-5-4-6-8-13)16(24)17(25)20-18-19-9-14(26-18)12(3)23/h4-9H,1-3H3,(H,19,20,25). The van der Waals surface area contributed by atoms with Crippen molar-refractivity contribution in [2.45, 2.75) is 20.8 Å². The number of nitrogens with one attached hydrogen (secondary N) is 1. The second-order valence-electron chi connectivity index (χ2n) is 5.66. The van der Waals surface area contributed by atoms with Crippen LogP contribution in [0.3, 0.4) is 0 Å². The van der Waals surface area contributed by atoms with Crippen molar-refractivity contribution in [2.75, 3.05) is 5.32 Å². The maximum Gasteiger partial charge on any atom is 0.298 e. The van der Waals surface area contributed by atoms with Gasteiger partial charge in [0.15, 0.2) is 10.9 Å². The summed E-state index contributed by atoms with van der Waals surface area (Å²) < 4.78 is 1.63. The molecule has 1 amide bonds. The summed E-state index contributed by atoms with van der Waals surface area (Å²) in [4.78, 5) is 40.6. The SMILES string of the molecule is CC(=O)c1cnc(NC(=O)C(=O)c2c(C)nn(-c3ccccc3)c2C)s1. The van der Waals surface area contributed by atoms with Gasteiger partial charge in [0.2, 0.25) is 0 Å². The van der Waals surface area contributed by atoms with Gasteiger partial charge in [0.25, 0.3) is 11.7 Å². The highest BCUT2D eigenvalue weighted by molar-refractivity contribution is 7.17. The first kappa shape index (κ1) is 17.7. The first-order chi connectivity index (χ1) is 12.4. The van der Waals surface area contributed by atoms with E-state index < -0.39 is 11.7 Å². The Morgan fingerprint density at radius 3 is 2.42 bits per heavy atom.